The molecular formula is C21H23N5O2S2. The van der Waals surface area contributed by atoms with Gasteiger partial charge in [0.2, 0.25) is 11.8 Å². The summed E-state index contributed by atoms with van der Waals surface area (Å²) >= 11 is 3.04. The van der Waals surface area contributed by atoms with Crippen molar-refractivity contribution < 1.29 is 9.59 Å². The van der Waals surface area contributed by atoms with Crippen molar-refractivity contribution in [1.29, 1.82) is 0 Å². The molecule has 0 radical (unpaired) electrons. The Bertz CT molecular complexity index is 1020. The monoisotopic (exact) mass is 441 g/mol. The molecule has 0 bridgehead atoms. The predicted octanol–water partition coefficient (Wildman–Crippen LogP) is 4.11. The smallest absolute Gasteiger partial charge is 0.234 e. The second-order valence-electron chi connectivity index (χ2n) is 6.65. The normalized spacial score (nSPS) is 10.6. The van der Waals surface area contributed by atoms with Crippen LogP contribution in [0.15, 0.2) is 58.6 Å². The first kappa shape index (κ1) is 21.9. The Morgan fingerprint density at radius 2 is 1.57 bits per heavy atom. The number of nitrogens with zero attached hydrogens (tertiary/aromatic N) is 3. The van der Waals surface area contributed by atoms with Crippen LogP contribution in [0.2, 0.25) is 0 Å². The van der Waals surface area contributed by atoms with Gasteiger partial charge in [-0.3, -0.25) is 9.59 Å². The molecule has 0 saturated carbocycles. The lowest BCUT2D eigenvalue weighted by atomic mass is 10.2. The number of rotatable bonds is 8. The Balaban J connectivity index is 1.49. The van der Waals surface area contributed by atoms with Gasteiger partial charge >= 0.3 is 0 Å². The Kier molecular flexibility index (Phi) is 7.53. The number of nitrogens with one attached hydrogen (secondary N) is 2. The minimum absolute atomic E-state index is 0.133. The van der Waals surface area contributed by atoms with Crippen molar-refractivity contribution in [3.63, 3.8) is 0 Å². The zero-order valence-electron chi connectivity index (χ0n) is 17.0. The maximum absolute atomic E-state index is 12.2. The molecule has 1 heterocycles. The number of benzene rings is 2. The topological polar surface area (TPSA) is 88.9 Å². The minimum Gasteiger partial charge on any atom is -0.326 e. The van der Waals surface area contributed by atoms with Crippen LogP contribution in [0.1, 0.15) is 18.3 Å². The van der Waals surface area contributed by atoms with Gasteiger partial charge in [-0.05, 0) is 43.3 Å². The average molecular weight is 442 g/mol. The van der Waals surface area contributed by atoms with Gasteiger partial charge in [-0.25, -0.2) is 0 Å². The van der Waals surface area contributed by atoms with Gasteiger partial charge in [0.05, 0.1) is 11.5 Å². The fourth-order valence-electron chi connectivity index (χ4n) is 2.55. The Hall–Kier alpha value is -2.78. The van der Waals surface area contributed by atoms with Gasteiger partial charge < -0.3 is 15.2 Å². The van der Waals surface area contributed by atoms with E-state index in [4.69, 9.17) is 0 Å². The highest BCUT2D eigenvalue weighted by atomic mass is 32.2. The Morgan fingerprint density at radius 1 is 0.933 bits per heavy atom. The summed E-state index contributed by atoms with van der Waals surface area (Å²) in [5.74, 6) is 1.52. The van der Waals surface area contributed by atoms with E-state index < -0.39 is 0 Å². The SMILES string of the molecule is CC(=O)Nc1ccc(NC(=O)CSc2nnc(CSc3ccc(C)cc3)n2C)cc1. The van der Waals surface area contributed by atoms with Crippen LogP contribution in [0, 0.1) is 6.92 Å². The number of aryl methyl sites for hydroxylation is 1. The lowest BCUT2D eigenvalue weighted by molar-refractivity contribution is -0.114. The fraction of sp³-hybridized carbons (Fsp3) is 0.238. The first-order valence-electron chi connectivity index (χ1n) is 9.29. The maximum atomic E-state index is 12.2. The molecule has 3 rings (SSSR count). The van der Waals surface area contributed by atoms with Gasteiger partial charge in [0.15, 0.2) is 5.16 Å². The van der Waals surface area contributed by atoms with Crippen LogP contribution in [0.5, 0.6) is 0 Å². The number of aromatic nitrogens is 3. The summed E-state index contributed by atoms with van der Waals surface area (Å²) in [6, 6.07) is 15.3. The molecule has 156 valence electrons. The van der Waals surface area contributed by atoms with Crippen molar-refractivity contribution >= 4 is 46.7 Å². The van der Waals surface area contributed by atoms with Crippen molar-refractivity contribution in [3.8, 4) is 0 Å². The average Bonchev–Trinajstić information content (AvgIpc) is 3.07. The zero-order chi connectivity index (χ0) is 21.5. The van der Waals surface area contributed by atoms with E-state index in [1.807, 2.05) is 11.6 Å². The predicted molar refractivity (Wildman–Crippen MR) is 122 cm³/mol. The number of anilines is 2. The van der Waals surface area contributed by atoms with Crippen molar-refractivity contribution in [2.24, 2.45) is 7.05 Å². The van der Waals surface area contributed by atoms with E-state index in [9.17, 15) is 9.59 Å². The summed E-state index contributed by atoms with van der Waals surface area (Å²) in [6.07, 6.45) is 0. The molecule has 0 aliphatic rings. The maximum Gasteiger partial charge on any atom is 0.234 e. The van der Waals surface area contributed by atoms with E-state index in [1.165, 1.54) is 29.1 Å². The third kappa shape index (κ3) is 6.36. The van der Waals surface area contributed by atoms with E-state index in [2.05, 4.69) is 52.0 Å². The Labute approximate surface area is 184 Å². The second-order valence-corrected chi connectivity index (χ2v) is 8.65. The van der Waals surface area contributed by atoms with Crippen LogP contribution in [-0.2, 0) is 22.4 Å². The number of hydrogen-bond donors (Lipinski definition) is 2. The van der Waals surface area contributed by atoms with Gasteiger partial charge in [-0.15, -0.1) is 22.0 Å². The third-order valence-electron chi connectivity index (χ3n) is 4.14. The standard InChI is InChI=1S/C21H23N5O2S2/c1-14-4-10-18(11-5-14)29-12-19-24-25-21(26(19)3)30-13-20(28)23-17-8-6-16(7-9-17)22-15(2)27/h4-11H,12-13H2,1-3H3,(H,22,27)(H,23,28). The van der Waals surface area contributed by atoms with Crippen LogP contribution >= 0.6 is 23.5 Å². The van der Waals surface area contributed by atoms with Gasteiger partial charge in [0.25, 0.3) is 0 Å². The molecule has 0 spiro atoms. The summed E-state index contributed by atoms with van der Waals surface area (Å²) in [4.78, 5) is 24.5. The van der Waals surface area contributed by atoms with Crippen molar-refractivity contribution in [3.05, 3.63) is 59.9 Å². The Morgan fingerprint density at radius 3 is 2.20 bits per heavy atom. The lowest BCUT2D eigenvalue weighted by Crippen LogP contribution is -2.14. The van der Waals surface area contributed by atoms with Crippen LogP contribution in [0.4, 0.5) is 11.4 Å². The van der Waals surface area contributed by atoms with Crippen molar-refractivity contribution in [1.82, 2.24) is 14.8 Å². The highest BCUT2D eigenvalue weighted by Gasteiger charge is 2.12. The van der Waals surface area contributed by atoms with Crippen LogP contribution in [0.25, 0.3) is 0 Å². The number of hydrogen-bond acceptors (Lipinski definition) is 6. The molecule has 1 aromatic heterocycles. The van der Waals surface area contributed by atoms with Crippen molar-refractivity contribution in [2.45, 2.75) is 29.7 Å². The van der Waals surface area contributed by atoms with Gasteiger partial charge in [0.1, 0.15) is 5.82 Å². The van der Waals surface area contributed by atoms with E-state index in [1.54, 1.807) is 36.0 Å². The number of thioether (sulfide) groups is 2. The molecule has 0 aliphatic heterocycles. The molecule has 2 amide bonds. The summed E-state index contributed by atoms with van der Waals surface area (Å²) < 4.78 is 1.92. The van der Waals surface area contributed by atoms with Crippen LogP contribution in [-0.4, -0.2) is 32.3 Å². The van der Waals surface area contributed by atoms with Crippen LogP contribution in [0.3, 0.4) is 0 Å². The summed E-state index contributed by atoms with van der Waals surface area (Å²) in [7, 11) is 1.91. The number of carbonyl (C=O) groups excluding carboxylic acids is 2. The summed E-state index contributed by atoms with van der Waals surface area (Å²) in [5, 5.41) is 14.7. The molecule has 9 heteroatoms. The van der Waals surface area contributed by atoms with E-state index in [0.717, 1.165) is 5.82 Å². The molecule has 2 N–H and O–H groups in total. The zero-order valence-corrected chi connectivity index (χ0v) is 18.6. The van der Waals surface area contributed by atoms with Gasteiger partial charge in [-0.2, -0.15) is 0 Å². The van der Waals surface area contributed by atoms with Gasteiger partial charge in [0, 0.05) is 30.2 Å². The molecule has 3 aromatic rings. The highest BCUT2D eigenvalue weighted by molar-refractivity contribution is 7.99. The van der Waals surface area contributed by atoms with Crippen LogP contribution < -0.4 is 10.6 Å². The molecule has 0 aliphatic carbocycles. The molecule has 0 saturated heterocycles. The lowest BCUT2D eigenvalue weighted by Gasteiger charge is -2.07. The minimum atomic E-state index is -0.136. The highest BCUT2D eigenvalue weighted by Crippen LogP contribution is 2.24. The third-order valence-corrected chi connectivity index (χ3v) is 6.16. The molecule has 2 aromatic carbocycles. The molecule has 30 heavy (non-hydrogen) atoms. The first-order chi connectivity index (χ1) is 14.4. The quantitative estimate of drug-likeness (QED) is 0.512. The largest absolute Gasteiger partial charge is 0.326 e. The molecule has 7 nitrogen and oxygen atoms in total. The van der Waals surface area contributed by atoms with E-state index in [-0.39, 0.29) is 17.6 Å². The molecule has 0 fully saturated rings. The summed E-state index contributed by atoms with van der Waals surface area (Å²) in [6.45, 7) is 3.52. The molecule has 0 atom stereocenters. The van der Waals surface area contributed by atoms with Gasteiger partial charge in [-0.1, -0.05) is 29.5 Å². The van der Waals surface area contributed by atoms with E-state index in [0.29, 0.717) is 22.3 Å². The number of carbonyl (C=O) groups is 2. The molecule has 0 unspecified atom stereocenters. The first-order valence-corrected chi connectivity index (χ1v) is 11.3. The number of amides is 2. The molecular weight excluding hydrogens is 418 g/mol. The second kappa shape index (κ2) is 10.3. The fourth-order valence-corrected chi connectivity index (χ4v) is 4.15. The van der Waals surface area contributed by atoms with Crippen molar-refractivity contribution in [2.75, 3.05) is 16.4 Å². The van der Waals surface area contributed by atoms with E-state index >= 15 is 0 Å². The summed E-state index contributed by atoms with van der Waals surface area (Å²) in [5.41, 5.74) is 2.59.